The van der Waals surface area contributed by atoms with E-state index < -0.39 is 0 Å². The van der Waals surface area contributed by atoms with Crippen LogP contribution in [0.15, 0.2) is 85.1 Å². The fourth-order valence-corrected chi connectivity index (χ4v) is 3.40. The first-order chi connectivity index (χ1) is 11.4. The lowest BCUT2D eigenvalue weighted by Crippen LogP contribution is -1.93. The standard InChI is InChI=1S/C21H14N2/c1-3-9-20-17(7-1)18-8-2-4-10-21(18)23(20)16-11-12-19-15(14-16)6-5-13-22-19/h1-14H. The van der Waals surface area contributed by atoms with Crippen LogP contribution in [0.5, 0.6) is 0 Å². The van der Waals surface area contributed by atoms with Crippen molar-refractivity contribution >= 4 is 32.7 Å². The Balaban J connectivity index is 1.93. The predicted molar refractivity (Wildman–Crippen MR) is 96.1 cm³/mol. The minimum Gasteiger partial charge on any atom is -0.309 e. The molecule has 0 spiro atoms. The number of fused-ring (bicyclic) bond motifs is 4. The van der Waals surface area contributed by atoms with Gasteiger partial charge < -0.3 is 4.57 Å². The molecule has 0 N–H and O–H groups in total. The lowest BCUT2D eigenvalue weighted by Gasteiger charge is -2.08. The fraction of sp³-hybridized carbons (Fsp3) is 0. The minimum atomic E-state index is 1.03. The highest BCUT2D eigenvalue weighted by Gasteiger charge is 2.11. The number of aromatic nitrogens is 2. The molecule has 0 bridgehead atoms. The van der Waals surface area contributed by atoms with E-state index in [0.29, 0.717) is 0 Å². The molecule has 2 heteroatoms. The minimum absolute atomic E-state index is 1.03. The summed E-state index contributed by atoms with van der Waals surface area (Å²) in [6.07, 6.45) is 1.84. The summed E-state index contributed by atoms with van der Waals surface area (Å²) in [6.45, 7) is 0. The normalized spacial score (nSPS) is 11.5. The summed E-state index contributed by atoms with van der Waals surface area (Å²) in [5.74, 6) is 0. The molecule has 2 heterocycles. The van der Waals surface area contributed by atoms with E-state index in [-0.39, 0.29) is 0 Å². The van der Waals surface area contributed by atoms with Gasteiger partial charge in [-0.3, -0.25) is 4.98 Å². The van der Waals surface area contributed by atoms with Gasteiger partial charge in [0.25, 0.3) is 0 Å². The molecule has 0 amide bonds. The molecule has 5 rings (SSSR count). The summed E-state index contributed by atoms with van der Waals surface area (Å²) in [6, 6.07) is 27.7. The quantitative estimate of drug-likeness (QED) is 0.408. The molecule has 2 aromatic heterocycles. The van der Waals surface area contributed by atoms with Gasteiger partial charge in [-0.05, 0) is 36.4 Å². The van der Waals surface area contributed by atoms with Crippen molar-refractivity contribution in [1.29, 1.82) is 0 Å². The van der Waals surface area contributed by atoms with Gasteiger partial charge >= 0.3 is 0 Å². The van der Waals surface area contributed by atoms with Crippen LogP contribution in [-0.2, 0) is 0 Å². The number of rotatable bonds is 1. The summed E-state index contributed by atoms with van der Waals surface area (Å²) in [5, 5.41) is 3.73. The second-order valence-electron chi connectivity index (χ2n) is 5.75. The third kappa shape index (κ3) is 1.78. The fourth-order valence-electron chi connectivity index (χ4n) is 3.40. The van der Waals surface area contributed by atoms with Crippen LogP contribution in [-0.4, -0.2) is 9.55 Å². The number of hydrogen-bond acceptors (Lipinski definition) is 1. The van der Waals surface area contributed by atoms with Crippen molar-refractivity contribution in [2.45, 2.75) is 0 Å². The van der Waals surface area contributed by atoms with E-state index in [2.05, 4.69) is 82.3 Å². The second-order valence-corrected chi connectivity index (χ2v) is 5.75. The summed E-state index contributed by atoms with van der Waals surface area (Å²) in [5.41, 5.74) is 4.66. The SMILES string of the molecule is c1cnc2ccc(-n3c4ccccc4c4ccccc43)cc2c1. The first kappa shape index (κ1) is 12.4. The van der Waals surface area contributed by atoms with Gasteiger partial charge in [0.1, 0.15) is 0 Å². The highest BCUT2D eigenvalue weighted by Crippen LogP contribution is 2.32. The number of benzene rings is 3. The molecule has 5 aromatic rings. The molecule has 0 aliphatic heterocycles. The Kier molecular flexibility index (Phi) is 2.53. The summed E-state index contributed by atoms with van der Waals surface area (Å²) >= 11 is 0. The zero-order valence-electron chi connectivity index (χ0n) is 12.5. The summed E-state index contributed by atoms with van der Waals surface area (Å²) in [4.78, 5) is 4.42. The molecule has 0 fully saturated rings. The Morgan fingerprint density at radius 3 is 2.09 bits per heavy atom. The first-order valence-electron chi connectivity index (χ1n) is 7.75. The van der Waals surface area contributed by atoms with Crippen LogP contribution < -0.4 is 0 Å². The van der Waals surface area contributed by atoms with Crippen molar-refractivity contribution in [3.8, 4) is 5.69 Å². The van der Waals surface area contributed by atoms with Gasteiger partial charge in [-0.25, -0.2) is 0 Å². The monoisotopic (exact) mass is 294 g/mol. The zero-order valence-corrected chi connectivity index (χ0v) is 12.5. The lowest BCUT2D eigenvalue weighted by atomic mass is 10.2. The van der Waals surface area contributed by atoms with Gasteiger partial charge in [0.2, 0.25) is 0 Å². The average molecular weight is 294 g/mol. The van der Waals surface area contributed by atoms with E-state index in [1.54, 1.807) is 0 Å². The molecule has 0 aliphatic rings. The van der Waals surface area contributed by atoms with Gasteiger partial charge in [-0.2, -0.15) is 0 Å². The Hall–Kier alpha value is -3.13. The van der Waals surface area contributed by atoms with Crippen LogP contribution in [0.25, 0.3) is 38.4 Å². The van der Waals surface area contributed by atoms with Crippen LogP contribution in [0.1, 0.15) is 0 Å². The topological polar surface area (TPSA) is 17.8 Å². The van der Waals surface area contributed by atoms with Gasteiger partial charge in [-0.15, -0.1) is 0 Å². The number of para-hydroxylation sites is 2. The van der Waals surface area contributed by atoms with Gasteiger partial charge in [-0.1, -0.05) is 42.5 Å². The molecular formula is C21H14N2. The van der Waals surface area contributed by atoms with Gasteiger partial charge in [0.05, 0.1) is 16.6 Å². The van der Waals surface area contributed by atoms with Crippen LogP contribution in [0.4, 0.5) is 0 Å². The lowest BCUT2D eigenvalue weighted by molar-refractivity contribution is 1.18. The van der Waals surface area contributed by atoms with Crippen molar-refractivity contribution in [2.24, 2.45) is 0 Å². The van der Waals surface area contributed by atoms with Crippen molar-refractivity contribution in [3.05, 3.63) is 85.1 Å². The highest BCUT2D eigenvalue weighted by atomic mass is 15.0. The largest absolute Gasteiger partial charge is 0.309 e. The number of hydrogen-bond donors (Lipinski definition) is 0. The van der Waals surface area contributed by atoms with E-state index in [4.69, 9.17) is 0 Å². The maximum atomic E-state index is 4.42. The van der Waals surface area contributed by atoms with E-state index in [0.717, 1.165) is 10.9 Å². The molecule has 0 saturated heterocycles. The van der Waals surface area contributed by atoms with Gasteiger partial charge in [0.15, 0.2) is 0 Å². The molecule has 0 radical (unpaired) electrons. The van der Waals surface area contributed by atoms with Crippen LogP contribution in [0.3, 0.4) is 0 Å². The number of nitrogens with zero attached hydrogens (tertiary/aromatic N) is 2. The Bertz CT molecular complexity index is 1110. The van der Waals surface area contributed by atoms with E-state index in [9.17, 15) is 0 Å². The molecular weight excluding hydrogens is 280 g/mol. The predicted octanol–water partition coefficient (Wildman–Crippen LogP) is 5.33. The maximum Gasteiger partial charge on any atom is 0.0703 e. The molecule has 108 valence electrons. The summed E-state index contributed by atoms with van der Waals surface area (Å²) < 4.78 is 2.33. The number of pyridine rings is 1. The van der Waals surface area contributed by atoms with Crippen molar-refractivity contribution < 1.29 is 0 Å². The van der Waals surface area contributed by atoms with E-state index >= 15 is 0 Å². The molecule has 2 nitrogen and oxygen atoms in total. The first-order valence-corrected chi connectivity index (χ1v) is 7.75. The van der Waals surface area contributed by atoms with Crippen LogP contribution >= 0.6 is 0 Å². The zero-order chi connectivity index (χ0) is 15.2. The third-order valence-corrected chi connectivity index (χ3v) is 4.42. The Morgan fingerprint density at radius 2 is 1.35 bits per heavy atom. The maximum absolute atomic E-state index is 4.42. The molecule has 3 aromatic carbocycles. The summed E-state index contributed by atoms with van der Waals surface area (Å²) in [7, 11) is 0. The highest BCUT2D eigenvalue weighted by molar-refractivity contribution is 6.09. The van der Waals surface area contributed by atoms with Gasteiger partial charge in [0, 0.05) is 28.0 Å². The third-order valence-electron chi connectivity index (χ3n) is 4.42. The molecule has 23 heavy (non-hydrogen) atoms. The smallest absolute Gasteiger partial charge is 0.0703 e. The molecule has 0 atom stereocenters. The Labute approximate surface area is 133 Å². The van der Waals surface area contributed by atoms with E-state index in [1.165, 1.54) is 27.5 Å². The molecule has 0 aliphatic carbocycles. The second kappa shape index (κ2) is 4.68. The van der Waals surface area contributed by atoms with Crippen LogP contribution in [0, 0.1) is 0 Å². The van der Waals surface area contributed by atoms with Crippen molar-refractivity contribution in [1.82, 2.24) is 9.55 Å². The van der Waals surface area contributed by atoms with Crippen molar-refractivity contribution in [2.75, 3.05) is 0 Å². The van der Waals surface area contributed by atoms with Crippen LogP contribution in [0.2, 0.25) is 0 Å². The molecule has 0 saturated carbocycles. The van der Waals surface area contributed by atoms with Crippen molar-refractivity contribution in [3.63, 3.8) is 0 Å². The Morgan fingerprint density at radius 1 is 0.652 bits per heavy atom. The van der Waals surface area contributed by atoms with E-state index in [1.807, 2.05) is 12.3 Å². The molecule has 0 unspecified atom stereocenters. The average Bonchev–Trinajstić information content (AvgIpc) is 2.96.